The molecule has 2 amide bonds. The van der Waals surface area contributed by atoms with Gasteiger partial charge in [0.1, 0.15) is 5.75 Å². The standard InChI is InChI=1S/C19H20F3N3O2S/c1-27-16-12-15(8-9-17(16)28-25-10-2-3-11-25)24-18(26)23-14-6-4-13(5-7-14)19(20,21)22/h4-9,12H,2-3,10-11H2,1H3,(H2,23,24,26). The van der Waals surface area contributed by atoms with E-state index in [9.17, 15) is 18.0 Å². The molecular weight excluding hydrogens is 391 g/mol. The van der Waals surface area contributed by atoms with Gasteiger partial charge in [-0.25, -0.2) is 9.10 Å². The van der Waals surface area contributed by atoms with Gasteiger partial charge in [-0.1, -0.05) is 0 Å². The highest BCUT2D eigenvalue weighted by molar-refractivity contribution is 7.97. The van der Waals surface area contributed by atoms with E-state index in [0.29, 0.717) is 11.4 Å². The number of alkyl halides is 3. The highest BCUT2D eigenvalue weighted by Gasteiger charge is 2.30. The molecular formula is C19H20F3N3O2S. The van der Waals surface area contributed by atoms with Crippen LogP contribution in [0.15, 0.2) is 47.4 Å². The maximum atomic E-state index is 12.6. The molecule has 150 valence electrons. The minimum Gasteiger partial charge on any atom is -0.495 e. The van der Waals surface area contributed by atoms with Crippen LogP contribution in [-0.2, 0) is 6.18 Å². The highest BCUT2D eigenvalue weighted by Crippen LogP contribution is 2.35. The molecule has 0 radical (unpaired) electrons. The Labute approximate surface area is 165 Å². The maximum Gasteiger partial charge on any atom is 0.416 e. The molecule has 28 heavy (non-hydrogen) atoms. The van der Waals surface area contributed by atoms with E-state index in [0.717, 1.165) is 30.1 Å². The molecule has 1 aliphatic heterocycles. The molecule has 2 aromatic carbocycles. The zero-order valence-electron chi connectivity index (χ0n) is 15.2. The Hall–Kier alpha value is -2.39. The number of rotatable bonds is 5. The van der Waals surface area contributed by atoms with Gasteiger partial charge in [-0.05, 0) is 61.2 Å². The molecule has 0 unspecified atom stereocenters. The van der Waals surface area contributed by atoms with Crippen molar-refractivity contribution in [1.29, 1.82) is 0 Å². The second kappa shape index (κ2) is 8.74. The summed E-state index contributed by atoms with van der Waals surface area (Å²) in [6.07, 6.45) is -2.05. The predicted molar refractivity (Wildman–Crippen MR) is 104 cm³/mol. The maximum absolute atomic E-state index is 12.6. The first-order chi connectivity index (χ1) is 13.3. The quantitative estimate of drug-likeness (QED) is 0.642. The van der Waals surface area contributed by atoms with Crippen molar-refractivity contribution in [3.05, 3.63) is 48.0 Å². The summed E-state index contributed by atoms with van der Waals surface area (Å²) in [5, 5.41) is 5.16. The largest absolute Gasteiger partial charge is 0.495 e. The van der Waals surface area contributed by atoms with Crippen LogP contribution in [0.25, 0.3) is 0 Å². The number of hydrogen-bond acceptors (Lipinski definition) is 4. The Balaban J connectivity index is 1.61. The lowest BCUT2D eigenvalue weighted by atomic mass is 10.2. The van der Waals surface area contributed by atoms with E-state index in [4.69, 9.17) is 4.74 Å². The summed E-state index contributed by atoms with van der Waals surface area (Å²) in [5.74, 6) is 0.643. The van der Waals surface area contributed by atoms with Crippen LogP contribution >= 0.6 is 11.9 Å². The molecule has 0 atom stereocenters. The molecule has 0 bridgehead atoms. The lowest BCUT2D eigenvalue weighted by molar-refractivity contribution is -0.137. The normalized spacial score (nSPS) is 14.7. The summed E-state index contributed by atoms with van der Waals surface area (Å²) in [5.41, 5.74) is 0.0139. The van der Waals surface area contributed by atoms with Crippen LogP contribution in [0, 0.1) is 0 Å². The molecule has 1 fully saturated rings. The molecule has 1 heterocycles. The number of urea groups is 1. The van der Waals surface area contributed by atoms with E-state index in [2.05, 4.69) is 14.9 Å². The number of benzene rings is 2. The van der Waals surface area contributed by atoms with E-state index in [1.807, 2.05) is 6.07 Å². The third-order valence-electron chi connectivity index (χ3n) is 4.18. The third kappa shape index (κ3) is 5.32. The van der Waals surface area contributed by atoms with Crippen molar-refractivity contribution < 1.29 is 22.7 Å². The summed E-state index contributed by atoms with van der Waals surface area (Å²) < 4.78 is 45.4. The van der Waals surface area contributed by atoms with E-state index < -0.39 is 17.8 Å². The first-order valence-electron chi connectivity index (χ1n) is 8.71. The van der Waals surface area contributed by atoms with Gasteiger partial charge >= 0.3 is 12.2 Å². The predicted octanol–water partition coefficient (Wildman–Crippen LogP) is 5.46. The Bertz CT molecular complexity index is 822. The van der Waals surface area contributed by atoms with Crippen molar-refractivity contribution in [2.24, 2.45) is 0 Å². The minimum atomic E-state index is -4.41. The molecule has 1 saturated heterocycles. The molecule has 0 saturated carbocycles. The Morgan fingerprint density at radius 1 is 1.04 bits per heavy atom. The van der Waals surface area contributed by atoms with Gasteiger partial charge in [0.15, 0.2) is 0 Å². The molecule has 0 spiro atoms. The summed E-state index contributed by atoms with van der Waals surface area (Å²) in [4.78, 5) is 13.1. The minimum absolute atomic E-state index is 0.263. The van der Waals surface area contributed by atoms with Crippen molar-refractivity contribution >= 4 is 29.4 Å². The van der Waals surface area contributed by atoms with Crippen LogP contribution in [0.4, 0.5) is 29.3 Å². The van der Waals surface area contributed by atoms with Gasteiger partial charge in [0.25, 0.3) is 0 Å². The number of hydrogen-bond donors (Lipinski definition) is 2. The van der Waals surface area contributed by atoms with Crippen molar-refractivity contribution in [3.8, 4) is 5.75 Å². The highest BCUT2D eigenvalue weighted by atomic mass is 32.2. The smallest absolute Gasteiger partial charge is 0.416 e. The van der Waals surface area contributed by atoms with E-state index in [1.54, 1.807) is 31.2 Å². The molecule has 2 aromatic rings. The Morgan fingerprint density at radius 3 is 2.25 bits per heavy atom. The van der Waals surface area contributed by atoms with Crippen LogP contribution in [0.1, 0.15) is 18.4 Å². The summed E-state index contributed by atoms with van der Waals surface area (Å²) in [6.45, 7) is 2.06. The molecule has 1 aliphatic rings. The number of nitrogens with zero attached hydrogens (tertiary/aromatic N) is 1. The SMILES string of the molecule is COc1cc(NC(=O)Nc2ccc(C(F)(F)F)cc2)ccc1SN1CCCC1. The van der Waals surface area contributed by atoms with Crippen LogP contribution in [-0.4, -0.2) is 30.5 Å². The lowest BCUT2D eigenvalue weighted by Gasteiger charge is -2.16. The van der Waals surface area contributed by atoms with Crippen molar-refractivity contribution in [2.75, 3.05) is 30.8 Å². The molecule has 0 aromatic heterocycles. The monoisotopic (exact) mass is 411 g/mol. The second-order valence-electron chi connectivity index (χ2n) is 6.25. The third-order valence-corrected chi connectivity index (χ3v) is 5.34. The number of nitrogens with one attached hydrogen (secondary N) is 2. The first-order valence-corrected chi connectivity index (χ1v) is 9.49. The van der Waals surface area contributed by atoms with Crippen molar-refractivity contribution in [3.63, 3.8) is 0 Å². The average Bonchev–Trinajstić information content (AvgIpc) is 3.15. The molecule has 0 aliphatic carbocycles. The topological polar surface area (TPSA) is 53.6 Å². The van der Waals surface area contributed by atoms with Crippen LogP contribution in [0.3, 0.4) is 0 Å². The fourth-order valence-electron chi connectivity index (χ4n) is 2.78. The average molecular weight is 411 g/mol. The van der Waals surface area contributed by atoms with Gasteiger partial charge in [0.05, 0.1) is 17.6 Å². The number of ether oxygens (including phenoxy) is 1. The number of carbonyl (C=O) groups excluding carboxylic acids is 1. The van der Waals surface area contributed by atoms with E-state index >= 15 is 0 Å². The van der Waals surface area contributed by atoms with Crippen LogP contribution < -0.4 is 15.4 Å². The zero-order valence-corrected chi connectivity index (χ0v) is 16.0. The number of carbonyl (C=O) groups is 1. The van der Waals surface area contributed by atoms with Crippen LogP contribution in [0.2, 0.25) is 0 Å². The van der Waals surface area contributed by atoms with Gasteiger partial charge in [-0.15, -0.1) is 0 Å². The van der Waals surface area contributed by atoms with Crippen molar-refractivity contribution in [2.45, 2.75) is 23.9 Å². The first kappa shape index (κ1) is 20.3. The van der Waals surface area contributed by atoms with Gasteiger partial charge in [-0.2, -0.15) is 13.2 Å². The molecule has 5 nitrogen and oxygen atoms in total. The summed E-state index contributed by atoms with van der Waals surface area (Å²) in [7, 11) is 1.56. The molecule has 2 N–H and O–H groups in total. The van der Waals surface area contributed by atoms with Crippen LogP contribution in [0.5, 0.6) is 5.75 Å². The molecule has 3 rings (SSSR count). The number of anilines is 2. The second-order valence-corrected chi connectivity index (χ2v) is 7.39. The number of methoxy groups -OCH3 is 1. The fourth-order valence-corrected chi connectivity index (χ4v) is 3.86. The van der Waals surface area contributed by atoms with E-state index in [1.165, 1.54) is 25.0 Å². The number of amides is 2. The molecule has 9 heteroatoms. The Kier molecular flexibility index (Phi) is 6.35. The summed E-state index contributed by atoms with van der Waals surface area (Å²) in [6, 6.07) is 9.04. The van der Waals surface area contributed by atoms with Gasteiger partial charge in [0.2, 0.25) is 0 Å². The Morgan fingerprint density at radius 2 is 1.64 bits per heavy atom. The zero-order chi connectivity index (χ0) is 20.1. The van der Waals surface area contributed by atoms with Gasteiger partial charge in [-0.3, -0.25) is 0 Å². The van der Waals surface area contributed by atoms with Gasteiger partial charge < -0.3 is 15.4 Å². The van der Waals surface area contributed by atoms with E-state index in [-0.39, 0.29) is 5.69 Å². The van der Waals surface area contributed by atoms with Crippen molar-refractivity contribution in [1.82, 2.24) is 4.31 Å². The van der Waals surface area contributed by atoms with Gasteiger partial charge in [0, 0.05) is 30.5 Å². The lowest BCUT2D eigenvalue weighted by Crippen LogP contribution is -2.19. The summed E-state index contributed by atoms with van der Waals surface area (Å²) >= 11 is 1.62. The number of halogens is 3. The fraction of sp³-hybridized carbons (Fsp3) is 0.316.